The van der Waals surface area contributed by atoms with Crippen molar-refractivity contribution in [2.24, 2.45) is 5.73 Å². The Morgan fingerprint density at radius 3 is 2.61 bits per heavy atom. The molecular weight excluding hydrogens is 437 g/mol. The summed E-state index contributed by atoms with van der Waals surface area (Å²) in [5, 5.41) is 3.91. The van der Waals surface area contributed by atoms with Crippen LogP contribution in [0.5, 0.6) is 5.75 Å². The first-order chi connectivity index (χ1) is 15.7. The highest BCUT2D eigenvalue weighted by molar-refractivity contribution is 5.92. The van der Waals surface area contributed by atoms with Crippen molar-refractivity contribution >= 4 is 11.5 Å². The first-order valence-electron chi connectivity index (χ1n) is 9.62. The number of rotatable bonds is 6. The van der Waals surface area contributed by atoms with Gasteiger partial charge in [0.2, 0.25) is 11.7 Å². The number of halogens is 3. The average Bonchev–Trinajstić information content (AvgIpc) is 3.25. The van der Waals surface area contributed by atoms with Crippen LogP contribution in [0.1, 0.15) is 21.8 Å². The number of primary amides is 1. The molecule has 2 heterocycles. The summed E-state index contributed by atoms with van der Waals surface area (Å²) < 4.78 is 46.2. The number of alkyl halides is 3. The van der Waals surface area contributed by atoms with E-state index >= 15 is 0 Å². The molecule has 0 fully saturated rings. The standard InChI is InChI=1S/C23H17F3N4O3/c1-14-5-6-18(13-30(14)12-15-3-2-4-17(11-15)20(27)31)22-28-21(29-33-22)16-7-9-19(10-8-16)32-23(24,25)26/h2-11,13H,1,12H2,(H2,27,31). The average molecular weight is 454 g/mol. The highest BCUT2D eigenvalue weighted by Gasteiger charge is 2.31. The molecule has 2 N–H and O–H groups in total. The normalized spacial score (nSPS) is 13.7. The van der Waals surface area contributed by atoms with Gasteiger partial charge in [0.15, 0.2) is 0 Å². The Kier molecular flexibility index (Phi) is 5.74. The topological polar surface area (TPSA) is 94.5 Å². The first-order valence-corrected chi connectivity index (χ1v) is 9.62. The molecule has 0 saturated heterocycles. The maximum Gasteiger partial charge on any atom is 0.573 e. The zero-order chi connectivity index (χ0) is 23.6. The van der Waals surface area contributed by atoms with E-state index in [9.17, 15) is 18.0 Å². The summed E-state index contributed by atoms with van der Waals surface area (Å²) in [7, 11) is 0. The Bertz CT molecular complexity index is 1260. The van der Waals surface area contributed by atoms with Crippen molar-refractivity contribution < 1.29 is 27.2 Å². The number of allylic oxidation sites excluding steroid dienone is 3. The van der Waals surface area contributed by atoms with Gasteiger partial charge in [0.05, 0.1) is 5.57 Å². The molecule has 7 nitrogen and oxygen atoms in total. The van der Waals surface area contributed by atoms with Crippen LogP contribution in [0, 0.1) is 0 Å². The molecular formula is C23H17F3N4O3. The Morgan fingerprint density at radius 1 is 1.15 bits per heavy atom. The second-order valence-electron chi connectivity index (χ2n) is 7.10. The fraction of sp³-hybridized carbons (Fsp3) is 0.0870. The summed E-state index contributed by atoms with van der Waals surface area (Å²) in [6.07, 6.45) is 0.547. The van der Waals surface area contributed by atoms with Gasteiger partial charge in [-0.3, -0.25) is 4.79 Å². The minimum atomic E-state index is -4.77. The smallest absolute Gasteiger partial charge is 0.406 e. The summed E-state index contributed by atoms with van der Waals surface area (Å²) in [4.78, 5) is 17.6. The molecule has 0 aliphatic carbocycles. The van der Waals surface area contributed by atoms with Crippen LogP contribution in [0.2, 0.25) is 0 Å². The molecule has 2 aromatic carbocycles. The number of nitrogens with zero attached hydrogens (tertiary/aromatic N) is 3. The number of benzene rings is 2. The highest BCUT2D eigenvalue weighted by Crippen LogP contribution is 2.28. The van der Waals surface area contributed by atoms with Gasteiger partial charge in [-0.05, 0) is 54.1 Å². The van der Waals surface area contributed by atoms with Crippen LogP contribution in [-0.4, -0.2) is 27.3 Å². The lowest BCUT2D eigenvalue weighted by Gasteiger charge is -2.24. The number of carbonyl (C=O) groups excluding carboxylic acids is 1. The Morgan fingerprint density at radius 2 is 1.91 bits per heavy atom. The van der Waals surface area contributed by atoms with E-state index in [1.807, 2.05) is 11.0 Å². The van der Waals surface area contributed by atoms with Crippen molar-refractivity contribution in [3.8, 4) is 17.1 Å². The minimum Gasteiger partial charge on any atom is -0.406 e. The molecule has 1 amide bonds. The largest absolute Gasteiger partial charge is 0.573 e. The number of hydrogen-bond acceptors (Lipinski definition) is 6. The molecule has 0 bridgehead atoms. The van der Waals surface area contributed by atoms with Crippen molar-refractivity contribution in [2.45, 2.75) is 12.9 Å². The van der Waals surface area contributed by atoms with Crippen molar-refractivity contribution in [3.63, 3.8) is 0 Å². The van der Waals surface area contributed by atoms with Crippen LogP contribution in [0.3, 0.4) is 0 Å². The molecule has 0 spiro atoms. The number of ether oxygens (including phenoxy) is 1. The Balaban J connectivity index is 1.52. The maximum absolute atomic E-state index is 12.3. The zero-order valence-corrected chi connectivity index (χ0v) is 17.0. The van der Waals surface area contributed by atoms with Crippen molar-refractivity contribution in [1.29, 1.82) is 0 Å². The van der Waals surface area contributed by atoms with Gasteiger partial charge in [-0.2, -0.15) is 4.98 Å². The second kappa shape index (κ2) is 8.65. The zero-order valence-electron chi connectivity index (χ0n) is 17.0. The molecule has 0 radical (unpaired) electrons. The van der Waals surface area contributed by atoms with Crippen LogP contribution < -0.4 is 10.5 Å². The van der Waals surface area contributed by atoms with Gasteiger partial charge in [0, 0.05) is 29.6 Å². The predicted molar refractivity (Wildman–Crippen MR) is 113 cm³/mol. The van der Waals surface area contributed by atoms with Gasteiger partial charge in [0.1, 0.15) is 5.75 Å². The van der Waals surface area contributed by atoms with Gasteiger partial charge in [-0.15, -0.1) is 13.2 Å². The highest BCUT2D eigenvalue weighted by atomic mass is 19.4. The molecule has 0 saturated carbocycles. The Hall–Kier alpha value is -4.34. The number of hydrogen-bond donors (Lipinski definition) is 1. The predicted octanol–water partition coefficient (Wildman–Crippen LogP) is 4.66. The van der Waals surface area contributed by atoms with Crippen LogP contribution in [-0.2, 0) is 6.54 Å². The van der Waals surface area contributed by atoms with Gasteiger partial charge >= 0.3 is 6.36 Å². The molecule has 168 valence electrons. The van der Waals surface area contributed by atoms with Gasteiger partial charge in [0.25, 0.3) is 5.89 Å². The maximum atomic E-state index is 12.3. The molecule has 4 rings (SSSR count). The molecule has 0 atom stereocenters. The first kappa shape index (κ1) is 21.9. The molecule has 1 aliphatic rings. The van der Waals surface area contributed by atoms with Crippen LogP contribution in [0.25, 0.3) is 17.0 Å². The van der Waals surface area contributed by atoms with Crippen LogP contribution in [0.15, 0.2) is 83.7 Å². The van der Waals surface area contributed by atoms with E-state index in [0.29, 0.717) is 28.9 Å². The van der Waals surface area contributed by atoms with E-state index in [-0.39, 0.29) is 17.5 Å². The van der Waals surface area contributed by atoms with Gasteiger partial charge in [-0.1, -0.05) is 23.9 Å². The summed E-state index contributed by atoms with van der Waals surface area (Å²) in [6, 6.07) is 12.1. The number of nitrogens with two attached hydrogens (primary N) is 1. The fourth-order valence-electron chi connectivity index (χ4n) is 3.13. The number of carbonyl (C=O) groups is 1. The fourth-order valence-corrected chi connectivity index (χ4v) is 3.13. The van der Waals surface area contributed by atoms with Crippen molar-refractivity contribution in [1.82, 2.24) is 15.0 Å². The molecule has 33 heavy (non-hydrogen) atoms. The third-order valence-corrected chi connectivity index (χ3v) is 4.70. The van der Waals surface area contributed by atoms with Crippen LogP contribution in [0.4, 0.5) is 13.2 Å². The van der Waals surface area contributed by atoms with Crippen molar-refractivity contribution in [3.05, 3.63) is 96.2 Å². The monoisotopic (exact) mass is 454 g/mol. The summed E-state index contributed by atoms with van der Waals surface area (Å²) >= 11 is 0. The lowest BCUT2D eigenvalue weighted by Crippen LogP contribution is -2.18. The van der Waals surface area contributed by atoms with Crippen molar-refractivity contribution in [2.75, 3.05) is 0 Å². The van der Waals surface area contributed by atoms with Gasteiger partial charge < -0.3 is 19.9 Å². The SMILES string of the molecule is C=C1C=CC(c2nc(-c3ccc(OC(F)(F)F)cc3)no2)=CN1Cc1cccc(C(N)=O)c1. The third kappa shape index (κ3) is 5.29. The summed E-state index contributed by atoms with van der Waals surface area (Å²) in [5.41, 5.74) is 8.40. The summed E-state index contributed by atoms with van der Waals surface area (Å²) in [5.74, 6) is -0.424. The van der Waals surface area contributed by atoms with E-state index in [4.69, 9.17) is 10.3 Å². The molecule has 3 aromatic rings. The minimum absolute atomic E-state index is 0.211. The molecule has 1 aliphatic heterocycles. The number of amides is 1. The molecule has 0 unspecified atom stereocenters. The third-order valence-electron chi connectivity index (χ3n) is 4.70. The second-order valence-corrected chi connectivity index (χ2v) is 7.10. The lowest BCUT2D eigenvalue weighted by molar-refractivity contribution is -0.274. The van der Waals surface area contributed by atoms with E-state index in [1.54, 1.807) is 36.6 Å². The van der Waals surface area contributed by atoms with Crippen LogP contribution >= 0.6 is 0 Å². The summed E-state index contributed by atoms with van der Waals surface area (Å²) in [6.45, 7) is 4.43. The van der Waals surface area contributed by atoms with E-state index in [0.717, 1.165) is 5.56 Å². The van der Waals surface area contributed by atoms with E-state index in [1.165, 1.54) is 24.3 Å². The van der Waals surface area contributed by atoms with E-state index < -0.39 is 12.3 Å². The Labute approximate surface area is 186 Å². The van der Waals surface area contributed by atoms with E-state index in [2.05, 4.69) is 21.5 Å². The van der Waals surface area contributed by atoms with Gasteiger partial charge in [-0.25, -0.2) is 0 Å². The molecule has 1 aromatic heterocycles. The lowest BCUT2D eigenvalue weighted by atomic mass is 10.1. The quantitative estimate of drug-likeness (QED) is 0.582. The number of aromatic nitrogens is 2. The molecule has 10 heteroatoms.